The highest BCUT2D eigenvalue weighted by molar-refractivity contribution is 6.31. The molecule has 1 aromatic heterocycles. The molecule has 1 amide bonds. The first kappa shape index (κ1) is 19.5. The van der Waals surface area contributed by atoms with Crippen molar-refractivity contribution in [2.75, 3.05) is 5.32 Å². The summed E-state index contributed by atoms with van der Waals surface area (Å²) in [6.45, 7) is 3.79. The number of carbonyl (C=O) groups excluding carboxylic acids is 2. The highest BCUT2D eigenvalue weighted by Gasteiger charge is 2.36. The van der Waals surface area contributed by atoms with E-state index in [0.29, 0.717) is 22.1 Å². The molecule has 0 fully saturated rings. The minimum atomic E-state index is -0.593. The summed E-state index contributed by atoms with van der Waals surface area (Å²) in [7, 11) is 0. The zero-order chi connectivity index (χ0) is 21.7. The Hall–Kier alpha value is -3.44. The molecular formula is C25H20ClN3O2. The number of amides is 1. The predicted molar refractivity (Wildman–Crippen MR) is 122 cm³/mol. The first-order valence-electron chi connectivity index (χ1n) is 10.1. The van der Waals surface area contributed by atoms with Crippen molar-refractivity contribution >= 4 is 39.9 Å². The van der Waals surface area contributed by atoms with Crippen molar-refractivity contribution in [3.63, 3.8) is 0 Å². The molecule has 1 atom stereocenters. The summed E-state index contributed by atoms with van der Waals surface area (Å²) in [4.78, 5) is 26.3. The van der Waals surface area contributed by atoms with Crippen molar-refractivity contribution < 1.29 is 9.59 Å². The number of ketones is 1. The minimum Gasteiger partial charge on any atom is -0.310 e. The predicted octanol–water partition coefficient (Wildman–Crippen LogP) is 5.60. The highest BCUT2D eigenvalue weighted by atomic mass is 35.5. The number of fused-ring (bicyclic) bond motifs is 2. The van der Waals surface area contributed by atoms with Crippen LogP contribution < -0.4 is 5.32 Å². The van der Waals surface area contributed by atoms with E-state index in [-0.39, 0.29) is 18.1 Å². The number of hydrogen-bond donors (Lipinski definition) is 1. The molecule has 6 heteroatoms. The smallest absolute Gasteiger partial charge is 0.226 e. The Labute approximate surface area is 184 Å². The second-order valence-corrected chi connectivity index (χ2v) is 8.30. The number of hydrogen-bond acceptors (Lipinski definition) is 3. The molecule has 5 nitrogen and oxygen atoms in total. The molecule has 0 radical (unpaired) electrons. The summed E-state index contributed by atoms with van der Waals surface area (Å²) in [5, 5.41) is 10.1. The Kier molecular flexibility index (Phi) is 4.63. The van der Waals surface area contributed by atoms with Crippen LogP contribution >= 0.6 is 11.6 Å². The monoisotopic (exact) mass is 429 g/mol. The van der Waals surface area contributed by atoms with E-state index in [9.17, 15) is 9.59 Å². The number of carbonyl (C=O) groups is 2. The third-order valence-electron chi connectivity index (χ3n) is 5.87. The number of halogens is 1. The molecule has 1 aliphatic heterocycles. The summed E-state index contributed by atoms with van der Waals surface area (Å²) in [5.74, 6) is -0.334. The number of Topliss-reactive ketones (excluding diaryl/α,β-unsaturated/α-hetero) is 1. The van der Waals surface area contributed by atoms with E-state index in [0.717, 1.165) is 27.6 Å². The van der Waals surface area contributed by atoms with Crippen LogP contribution in [0.25, 0.3) is 16.5 Å². The van der Waals surface area contributed by atoms with E-state index >= 15 is 0 Å². The molecule has 0 saturated heterocycles. The van der Waals surface area contributed by atoms with Crippen LogP contribution in [0.15, 0.2) is 60.7 Å². The summed E-state index contributed by atoms with van der Waals surface area (Å²) in [6.07, 6.45) is 0.0935. The Balaban J connectivity index is 1.65. The van der Waals surface area contributed by atoms with Gasteiger partial charge in [-0.3, -0.25) is 9.59 Å². The normalized spacial score (nSPS) is 15.6. The molecule has 1 unspecified atom stereocenters. The van der Waals surface area contributed by atoms with Crippen LogP contribution in [-0.2, 0) is 4.79 Å². The van der Waals surface area contributed by atoms with Crippen LogP contribution in [0.4, 0.5) is 5.82 Å². The molecule has 1 N–H and O–H groups in total. The number of nitrogens with one attached hydrogen (secondary N) is 1. The number of aryl methyl sites for hydroxylation is 2. The first-order valence-corrected chi connectivity index (χ1v) is 10.5. The fourth-order valence-electron chi connectivity index (χ4n) is 4.30. The lowest BCUT2D eigenvalue weighted by atomic mass is 9.84. The first-order chi connectivity index (χ1) is 14.9. The van der Waals surface area contributed by atoms with Crippen molar-refractivity contribution in [2.45, 2.75) is 26.2 Å². The Morgan fingerprint density at radius 2 is 1.87 bits per heavy atom. The van der Waals surface area contributed by atoms with Crippen LogP contribution in [0.1, 0.15) is 39.5 Å². The van der Waals surface area contributed by atoms with E-state index in [4.69, 9.17) is 11.6 Å². The van der Waals surface area contributed by atoms with Gasteiger partial charge in [-0.15, -0.1) is 0 Å². The van der Waals surface area contributed by atoms with Crippen LogP contribution in [0.2, 0.25) is 5.02 Å². The standard InChI is InChI=1S/C25H20ClN3O2/c1-14-10-11-17(12-21(14)26)29-25-23(15(2)28-29)20(13-22(30)27-25)24(31)19-9-5-7-16-6-3-4-8-18(16)19/h3-12,20H,13H2,1-2H3,(H,27,30). The van der Waals surface area contributed by atoms with Gasteiger partial charge in [0.1, 0.15) is 5.82 Å². The molecule has 2 heterocycles. The molecule has 3 aromatic carbocycles. The second-order valence-electron chi connectivity index (χ2n) is 7.89. The van der Waals surface area contributed by atoms with E-state index in [1.165, 1.54) is 0 Å². The fourth-order valence-corrected chi connectivity index (χ4v) is 4.47. The lowest BCUT2D eigenvalue weighted by Crippen LogP contribution is -2.28. The Morgan fingerprint density at radius 1 is 1.10 bits per heavy atom. The number of aromatic nitrogens is 2. The van der Waals surface area contributed by atoms with Gasteiger partial charge in [-0.2, -0.15) is 5.10 Å². The third-order valence-corrected chi connectivity index (χ3v) is 6.28. The maximum absolute atomic E-state index is 13.7. The SMILES string of the molecule is Cc1ccc(-n2nc(C)c3c2NC(=O)CC3C(=O)c2cccc3ccccc23)cc1Cl. The van der Waals surface area contributed by atoms with Gasteiger partial charge in [-0.1, -0.05) is 60.1 Å². The topological polar surface area (TPSA) is 64.0 Å². The number of nitrogens with zero attached hydrogens (tertiary/aromatic N) is 2. The Bertz CT molecular complexity index is 1370. The molecule has 0 spiro atoms. The largest absolute Gasteiger partial charge is 0.310 e. The molecule has 154 valence electrons. The summed E-state index contributed by atoms with van der Waals surface area (Å²) >= 11 is 6.31. The Morgan fingerprint density at radius 3 is 2.68 bits per heavy atom. The van der Waals surface area contributed by atoms with E-state index in [2.05, 4.69) is 10.4 Å². The van der Waals surface area contributed by atoms with Gasteiger partial charge in [0, 0.05) is 22.6 Å². The summed E-state index contributed by atoms with van der Waals surface area (Å²) in [5.41, 5.74) is 3.78. The van der Waals surface area contributed by atoms with Crippen molar-refractivity contribution in [3.8, 4) is 5.69 Å². The molecule has 1 aliphatic rings. The molecule has 31 heavy (non-hydrogen) atoms. The highest BCUT2D eigenvalue weighted by Crippen LogP contribution is 2.39. The minimum absolute atomic E-state index is 0.0718. The quantitative estimate of drug-likeness (QED) is 0.431. The van der Waals surface area contributed by atoms with Gasteiger partial charge in [0.2, 0.25) is 5.91 Å². The van der Waals surface area contributed by atoms with E-state index < -0.39 is 5.92 Å². The fraction of sp³-hybridized carbons (Fsp3) is 0.160. The number of benzene rings is 3. The van der Waals surface area contributed by atoms with Gasteiger partial charge in [0.05, 0.1) is 17.3 Å². The van der Waals surface area contributed by atoms with E-state index in [1.54, 1.807) is 4.68 Å². The van der Waals surface area contributed by atoms with Crippen molar-refractivity contribution in [3.05, 3.63) is 88.1 Å². The van der Waals surface area contributed by atoms with Crippen molar-refractivity contribution in [1.82, 2.24) is 9.78 Å². The van der Waals surface area contributed by atoms with Crippen molar-refractivity contribution in [1.29, 1.82) is 0 Å². The molecule has 0 aliphatic carbocycles. The average Bonchev–Trinajstić information content (AvgIpc) is 3.10. The number of rotatable bonds is 3. The van der Waals surface area contributed by atoms with Gasteiger partial charge in [-0.25, -0.2) is 4.68 Å². The maximum atomic E-state index is 13.7. The van der Waals surface area contributed by atoms with Gasteiger partial charge in [0.15, 0.2) is 5.78 Å². The van der Waals surface area contributed by atoms with Crippen LogP contribution in [0.5, 0.6) is 0 Å². The zero-order valence-corrected chi connectivity index (χ0v) is 17.9. The summed E-state index contributed by atoms with van der Waals surface area (Å²) < 4.78 is 1.66. The second kappa shape index (κ2) is 7.36. The van der Waals surface area contributed by atoms with Gasteiger partial charge >= 0.3 is 0 Å². The molecule has 4 aromatic rings. The van der Waals surface area contributed by atoms with Crippen molar-refractivity contribution in [2.24, 2.45) is 0 Å². The van der Waals surface area contributed by atoms with E-state index in [1.807, 2.05) is 74.5 Å². The van der Waals surface area contributed by atoms with Crippen LogP contribution in [0.3, 0.4) is 0 Å². The van der Waals surface area contributed by atoms with Gasteiger partial charge in [-0.05, 0) is 42.3 Å². The number of anilines is 1. The lowest BCUT2D eigenvalue weighted by molar-refractivity contribution is -0.116. The summed E-state index contributed by atoms with van der Waals surface area (Å²) in [6, 6.07) is 19.1. The zero-order valence-electron chi connectivity index (χ0n) is 17.1. The molecular weight excluding hydrogens is 410 g/mol. The third kappa shape index (κ3) is 3.22. The average molecular weight is 430 g/mol. The van der Waals surface area contributed by atoms with Crippen LogP contribution in [0, 0.1) is 13.8 Å². The molecule has 5 rings (SSSR count). The molecule has 0 saturated carbocycles. The van der Waals surface area contributed by atoms with Gasteiger partial charge in [0.25, 0.3) is 0 Å². The maximum Gasteiger partial charge on any atom is 0.226 e. The lowest BCUT2D eigenvalue weighted by Gasteiger charge is -2.23. The van der Waals surface area contributed by atoms with Gasteiger partial charge < -0.3 is 5.32 Å². The van der Waals surface area contributed by atoms with Crippen LogP contribution in [-0.4, -0.2) is 21.5 Å². The molecule has 0 bridgehead atoms.